The third-order valence-corrected chi connectivity index (χ3v) is 6.61. The number of hydrogen-bond donors (Lipinski definition) is 2. The van der Waals surface area contributed by atoms with Gasteiger partial charge in [0.1, 0.15) is 0 Å². The molecule has 2 rings (SSSR count). The molecule has 1 fully saturated rings. The van der Waals surface area contributed by atoms with E-state index in [1.165, 1.54) is 12.0 Å². The smallest absolute Gasteiger partial charge is 0.338 e. The fourth-order valence-electron chi connectivity index (χ4n) is 2.23. The van der Waals surface area contributed by atoms with Crippen molar-refractivity contribution in [3.8, 4) is 0 Å². The highest BCUT2D eigenvalue weighted by atomic mass is 32.2. The van der Waals surface area contributed by atoms with Crippen molar-refractivity contribution in [1.82, 2.24) is 10.6 Å². The van der Waals surface area contributed by atoms with Crippen molar-refractivity contribution in [1.29, 1.82) is 0 Å². The highest BCUT2D eigenvalue weighted by Gasteiger charge is 2.17. The van der Waals surface area contributed by atoms with Gasteiger partial charge in [-0.1, -0.05) is 19.1 Å². The molecule has 0 saturated carbocycles. The summed E-state index contributed by atoms with van der Waals surface area (Å²) in [5, 5.41) is 5.06. The molecule has 0 unspecified atom stereocenters. The molecule has 2 N–H and O–H groups in total. The van der Waals surface area contributed by atoms with E-state index in [2.05, 4.69) is 10.6 Å². The Morgan fingerprint density at radius 2 is 1.77 bits per heavy atom. The first-order valence-corrected chi connectivity index (χ1v) is 10.7. The summed E-state index contributed by atoms with van der Waals surface area (Å²) in [6.07, 6.45) is 2.06. The number of benzene rings is 1. The summed E-state index contributed by atoms with van der Waals surface area (Å²) in [5.74, 6) is 1.00. The molecule has 8 heteroatoms. The molecule has 0 bridgehead atoms. The second-order valence-corrected chi connectivity index (χ2v) is 8.48. The van der Waals surface area contributed by atoms with Gasteiger partial charge in [0.25, 0.3) is 5.91 Å². The Labute approximate surface area is 162 Å². The van der Waals surface area contributed by atoms with Gasteiger partial charge in [-0.2, -0.15) is 0 Å². The Balaban J connectivity index is 1.73. The molecular formula is C18H24N2O4S2. The van der Waals surface area contributed by atoms with Gasteiger partial charge in [0.2, 0.25) is 5.91 Å². The minimum Gasteiger partial charge on any atom is -0.452 e. The van der Waals surface area contributed by atoms with Crippen molar-refractivity contribution in [2.45, 2.75) is 24.3 Å². The van der Waals surface area contributed by atoms with E-state index < -0.39 is 18.5 Å². The van der Waals surface area contributed by atoms with E-state index in [-0.39, 0.29) is 12.5 Å². The van der Waals surface area contributed by atoms with E-state index in [1.54, 1.807) is 12.1 Å². The van der Waals surface area contributed by atoms with E-state index in [4.69, 9.17) is 4.74 Å². The Bertz CT molecular complexity index is 616. The molecule has 0 atom stereocenters. The Morgan fingerprint density at radius 3 is 2.42 bits per heavy atom. The molecule has 0 aliphatic carbocycles. The second-order valence-electron chi connectivity index (χ2n) is 5.75. The van der Waals surface area contributed by atoms with Gasteiger partial charge in [-0.05, 0) is 42.0 Å². The fraction of sp³-hybridized carbons (Fsp3) is 0.500. The Morgan fingerprint density at radius 1 is 1.08 bits per heavy atom. The van der Waals surface area contributed by atoms with E-state index in [9.17, 15) is 14.4 Å². The number of hydrogen-bond acceptors (Lipinski definition) is 6. The van der Waals surface area contributed by atoms with Crippen molar-refractivity contribution < 1.29 is 19.1 Å². The molecule has 0 radical (unpaired) electrons. The van der Waals surface area contributed by atoms with Crippen LogP contribution in [0.1, 0.15) is 40.3 Å². The lowest BCUT2D eigenvalue weighted by atomic mass is 10.1. The maximum atomic E-state index is 12.0. The first-order chi connectivity index (χ1) is 12.6. The molecule has 0 spiro atoms. The van der Waals surface area contributed by atoms with Gasteiger partial charge in [-0.3, -0.25) is 9.59 Å². The molecule has 142 valence electrons. The van der Waals surface area contributed by atoms with E-state index in [1.807, 2.05) is 42.6 Å². The van der Waals surface area contributed by atoms with Crippen molar-refractivity contribution in [2.75, 3.05) is 31.2 Å². The van der Waals surface area contributed by atoms with Crippen LogP contribution in [-0.4, -0.2) is 49.0 Å². The molecule has 0 aromatic heterocycles. The van der Waals surface area contributed by atoms with Gasteiger partial charge in [-0.25, -0.2) is 4.79 Å². The lowest BCUT2D eigenvalue weighted by Crippen LogP contribution is -2.38. The van der Waals surface area contributed by atoms with Gasteiger partial charge in [0, 0.05) is 6.54 Å². The summed E-state index contributed by atoms with van der Waals surface area (Å²) in [7, 11) is 0. The fourth-order valence-corrected chi connectivity index (χ4v) is 5.12. The maximum absolute atomic E-state index is 12.0. The molecule has 1 aliphatic heterocycles. The normalized spacial score (nSPS) is 14.5. The van der Waals surface area contributed by atoms with E-state index in [0.29, 0.717) is 16.7 Å². The first kappa shape index (κ1) is 20.6. The number of carbonyl (C=O) groups excluding carboxylic acids is 3. The van der Waals surface area contributed by atoms with Crippen LogP contribution >= 0.6 is 23.5 Å². The Hall–Kier alpha value is -1.67. The summed E-state index contributed by atoms with van der Waals surface area (Å²) >= 11 is 3.84. The summed E-state index contributed by atoms with van der Waals surface area (Å²) in [6, 6.07) is 7.32. The zero-order valence-corrected chi connectivity index (χ0v) is 16.4. The summed E-state index contributed by atoms with van der Waals surface area (Å²) in [5.41, 5.74) is 1.60. The largest absolute Gasteiger partial charge is 0.452 e. The lowest BCUT2D eigenvalue weighted by molar-refractivity contribution is -0.127. The summed E-state index contributed by atoms with van der Waals surface area (Å²) in [4.78, 5) is 35.1. The van der Waals surface area contributed by atoms with Crippen LogP contribution in [0.2, 0.25) is 0 Å². The van der Waals surface area contributed by atoms with Gasteiger partial charge < -0.3 is 15.4 Å². The van der Waals surface area contributed by atoms with Gasteiger partial charge in [-0.15, -0.1) is 23.5 Å². The summed E-state index contributed by atoms with van der Waals surface area (Å²) in [6.45, 7) is 1.98. The first-order valence-electron chi connectivity index (χ1n) is 8.64. The number of amides is 2. The van der Waals surface area contributed by atoms with Crippen LogP contribution in [0.4, 0.5) is 0 Å². The third kappa shape index (κ3) is 6.92. The van der Waals surface area contributed by atoms with E-state index in [0.717, 1.165) is 17.9 Å². The molecule has 2 amide bonds. The maximum Gasteiger partial charge on any atom is 0.338 e. The highest BCUT2D eigenvalue weighted by Crippen LogP contribution is 2.43. The molecular weight excluding hydrogens is 372 g/mol. The van der Waals surface area contributed by atoms with Crippen molar-refractivity contribution in [2.24, 2.45) is 0 Å². The number of esters is 1. The van der Waals surface area contributed by atoms with Crippen LogP contribution in [0.15, 0.2) is 24.3 Å². The topological polar surface area (TPSA) is 84.5 Å². The molecule has 1 aromatic carbocycles. The number of nitrogens with one attached hydrogen (secondary N) is 2. The molecule has 1 aromatic rings. The SMILES string of the molecule is CCCNC(=O)CNC(=O)COC(=O)c1ccc(C2SCCCS2)cc1. The number of thioether (sulfide) groups is 2. The number of ether oxygens (including phenoxy) is 1. The van der Waals surface area contributed by atoms with Crippen LogP contribution < -0.4 is 10.6 Å². The van der Waals surface area contributed by atoms with Crippen LogP contribution in [0.5, 0.6) is 0 Å². The van der Waals surface area contributed by atoms with E-state index >= 15 is 0 Å². The van der Waals surface area contributed by atoms with Gasteiger partial charge >= 0.3 is 5.97 Å². The average molecular weight is 397 g/mol. The molecule has 1 aliphatic rings. The molecule has 1 saturated heterocycles. The van der Waals surface area contributed by atoms with Crippen molar-refractivity contribution in [3.63, 3.8) is 0 Å². The third-order valence-electron chi connectivity index (χ3n) is 3.60. The molecule has 1 heterocycles. The minimum absolute atomic E-state index is 0.123. The molecule has 26 heavy (non-hydrogen) atoms. The monoisotopic (exact) mass is 396 g/mol. The highest BCUT2D eigenvalue weighted by molar-refractivity contribution is 8.16. The average Bonchev–Trinajstić information content (AvgIpc) is 2.69. The predicted molar refractivity (Wildman–Crippen MR) is 105 cm³/mol. The predicted octanol–water partition coefficient (Wildman–Crippen LogP) is 2.35. The van der Waals surface area contributed by atoms with Gasteiger partial charge in [0.15, 0.2) is 6.61 Å². The minimum atomic E-state index is -0.550. The van der Waals surface area contributed by atoms with Gasteiger partial charge in [0.05, 0.1) is 16.7 Å². The summed E-state index contributed by atoms with van der Waals surface area (Å²) < 4.78 is 5.41. The Kier molecular flexibility index (Phi) is 8.84. The van der Waals surface area contributed by atoms with Crippen LogP contribution in [0, 0.1) is 0 Å². The standard InChI is InChI=1S/C18H24N2O4S2/c1-2-8-19-15(21)11-20-16(22)12-24-17(23)13-4-6-14(7-5-13)18-25-9-3-10-26-18/h4-7,18H,2-3,8-12H2,1H3,(H,19,21)(H,20,22). The zero-order valence-electron chi connectivity index (χ0n) is 14.8. The van der Waals surface area contributed by atoms with Crippen LogP contribution in [0.25, 0.3) is 0 Å². The van der Waals surface area contributed by atoms with Crippen molar-refractivity contribution in [3.05, 3.63) is 35.4 Å². The zero-order chi connectivity index (χ0) is 18.8. The van der Waals surface area contributed by atoms with Crippen LogP contribution in [0.3, 0.4) is 0 Å². The van der Waals surface area contributed by atoms with Crippen molar-refractivity contribution >= 4 is 41.3 Å². The second kappa shape index (κ2) is 11.1. The molecule has 6 nitrogen and oxygen atoms in total. The number of carbonyl (C=O) groups is 3. The van der Waals surface area contributed by atoms with Crippen LogP contribution in [-0.2, 0) is 14.3 Å². The number of rotatable bonds is 8. The quantitative estimate of drug-likeness (QED) is 0.656. The lowest BCUT2D eigenvalue weighted by Gasteiger charge is -2.21.